The average molecular weight is 394 g/mol. The van der Waals surface area contributed by atoms with Crippen molar-refractivity contribution in [3.05, 3.63) is 66.7 Å². The number of anilines is 1. The summed E-state index contributed by atoms with van der Waals surface area (Å²) in [4.78, 5) is 19.2. The first kappa shape index (κ1) is 20.5. The summed E-state index contributed by atoms with van der Waals surface area (Å²) in [6.07, 6.45) is 8.67. The van der Waals surface area contributed by atoms with Crippen LogP contribution in [-0.4, -0.2) is 53.4 Å². The monoisotopic (exact) mass is 394 g/mol. The molecule has 1 fully saturated rings. The van der Waals surface area contributed by atoms with E-state index < -0.39 is 0 Å². The largest absolute Gasteiger partial charge is 0.483 e. The Labute approximate surface area is 170 Å². The van der Waals surface area contributed by atoms with Gasteiger partial charge in [-0.05, 0) is 48.4 Å². The highest BCUT2D eigenvalue weighted by atomic mass is 16.5. The van der Waals surface area contributed by atoms with Crippen LogP contribution in [0.5, 0.6) is 0 Å². The maximum absolute atomic E-state index is 8.36. The number of hydrogen-bond acceptors (Lipinski definition) is 5. The molecule has 3 aromatic rings. The van der Waals surface area contributed by atoms with Crippen molar-refractivity contribution in [3.8, 4) is 11.4 Å². The van der Waals surface area contributed by atoms with E-state index in [9.17, 15) is 0 Å². The van der Waals surface area contributed by atoms with Crippen molar-refractivity contribution in [2.45, 2.75) is 12.5 Å². The van der Waals surface area contributed by atoms with Crippen LogP contribution in [0.2, 0.25) is 0 Å². The van der Waals surface area contributed by atoms with Gasteiger partial charge in [0.15, 0.2) is 0 Å². The molecule has 0 spiro atoms. The topological polar surface area (TPSA) is 80.5 Å². The second kappa shape index (κ2) is 9.84. The Morgan fingerprint density at radius 2 is 1.83 bits per heavy atom. The molecule has 4 rings (SSSR count). The number of imidazole rings is 1. The maximum atomic E-state index is 8.36. The number of hydrogen-bond donors (Lipinski definition) is 1. The minimum atomic E-state index is -0.250. The molecule has 3 heterocycles. The Bertz CT molecular complexity index is 894. The molecule has 7 nitrogen and oxygen atoms in total. The van der Waals surface area contributed by atoms with Gasteiger partial charge in [0.05, 0.1) is 19.3 Å². The summed E-state index contributed by atoms with van der Waals surface area (Å²) in [5.74, 6) is 1.44. The molecule has 2 aromatic heterocycles. The number of pyridine rings is 1. The van der Waals surface area contributed by atoms with Gasteiger partial charge in [0.2, 0.25) is 0 Å². The van der Waals surface area contributed by atoms with Crippen molar-refractivity contribution >= 4 is 12.2 Å². The van der Waals surface area contributed by atoms with Crippen molar-refractivity contribution in [1.82, 2.24) is 14.5 Å². The molecule has 1 aliphatic heterocycles. The Morgan fingerprint density at radius 1 is 1.14 bits per heavy atom. The van der Waals surface area contributed by atoms with Crippen molar-refractivity contribution in [2.75, 3.05) is 32.2 Å². The molecule has 29 heavy (non-hydrogen) atoms. The summed E-state index contributed by atoms with van der Waals surface area (Å²) in [7, 11) is 4.10. The van der Waals surface area contributed by atoms with E-state index in [0.717, 1.165) is 31.0 Å². The fraction of sp³-hybridized carbons (Fsp3) is 0.318. The Morgan fingerprint density at radius 3 is 2.48 bits per heavy atom. The molecule has 1 aromatic carbocycles. The number of rotatable bonds is 5. The van der Waals surface area contributed by atoms with Crippen LogP contribution < -0.4 is 4.90 Å². The zero-order valence-corrected chi connectivity index (χ0v) is 16.7. The maximum Gasteiger partial charge on any atom is 0.290 e. The fourth-order valence-electron chi connectivity index (χ4n) is 3.62. The Hall–Kier alpha value is -3.19. The highest BCUT2D eigenvalue weighted by Crippen LogP contribution is 2.33. The lowest BCUT2D eigenvalue weighted by Gasteiger charge is -2.21. The number of carbonyl (C=O) groups is 1. The first-order valence-corrected chi connectivity index (χ1v) is 9.49. The molecule has 7 heteroatoms. The van der Waals surface area contributed by atoms with Crippen LogP contribution in [0.3, 0.4) is 0 Å². The van der Waals surface area contributed by atoms with Crippen molar-refractivity contribution < 1.29 is 14.6 Å². The summed E-state index contributed by atoms with van der Waals surface area (Å²) in [6, 6.07) is 13.0. The van der Waals surface area contributed by atoms with E-state index in [1.807, 2.05) is 18.6 Å². The van der Waals surface area contributed by atoms with Gasteiger partial charge in [0.1, 0.15) is 5.82 Å². The van der Waals surface area contributed by atoms with Gasteiger partial charge < -0.3 is 19.3 Å². The molecular weight excluding hydrogens is 368 g/mol. The number of carboxylic acid groups (broad SMARTS) is 1. The van der Waals surface area contributed by atoms with Crippen LogP contribution in [0.1, 0.15) is 11.6 Å². The lowest BCUT2D eigenvalue weighted by atomic mass is 9.95. The number of ether oxygens (including phenoxy) is 1. The van der Waals surface area contributed by atoms with Crippen molar-refractivity contribution in [2.24, 2.45) is 5.92 Å². The van der Waals surface area contributed by atoms with Gasteiger partial charge in [0, 0.05) is 56.1 Å². The number of benzene rings is 1. The predicted molar refractivity (Wildman–Crippen MR) is 112 cm³/mol. The van der Waals surface area contributed by atoms with Gasteiger partial charge in [-0.25, -0.2) is 4.98 Å². The van der Waals surface area contributed by atoms with Gasteiger partial charge in [0.25, 0.3) is 6.47 Å². The molecule has 1 saturated heterocycles. The Balaban J connectivity index is 0.000000755. The molecule has 0 bridgehead atoms. The normalized spacial score (nSPS) is 18.0. The third-order valence-corrected chi connectivity index (χ3v) is 5.08. The lowest BCUT2D eigenvalue weighted by Crippen LogP contribution is -2.20. The van der Waals surface area contributed by atoms with Crippen LogP contribution in [0.25, 0.3) is 11.4 Å². The molecule has 2 atom stereocenters. The molecule has 1 N–H and O–H groups in total. The molecule has 0 unspecified atom stereocenters. The third kappa shape index (κ3) is 5.00. The van der Waals surface area contributed by atoms with Crippen molar-refractivity contribution in [3.63, 3.8) is 0 Å². The summed E-state index contributed by atoms with van der Waals surface area (Å²) in [6.45, 7) is 1.26. The van der Waals surface area contributed by atoms with Gasteiger partial charge >= 0.3 is 0 Å². The zero-order valence-electron chi connectivity index (χ0n) is 16.7. The first-order valence-electron chi connectivity index (χ1n) is 9.49. The second-order valence-electron chi connectivity index (χ2n) is 7.13. The van der Waals surface area contributed by atoms with E-state index in [-0.39, 0.29) is 6.47 Å². The standard InChI is InChI=1S/C21H24N4O.CH2O2/c1-24(2)19-5-3-17(4-6-19)21-23-11-12-25(21)20-15-26-14-18(20)13-16-7-9-22-10-8-16;2-1-3/h3-12,18,20H,13-15H2,1-2H3;1H,(H,2,3)/t18-,20+;/m0./s1. The highest BCUT2D eigenvalue weighted by Gasteiger charge is 2.31. The summed E-state index contributed by atoms with van der Waals surface area (Å²) >= 11 is 0. The van der Waals surface area contributed by atoms with Crippen LogP contribution in [-0.2, 0) is 16.0 Å². The van der Waals surface area contributed by atoms with Gasteiger partial charge in [-0.3, -0.25) is 9.78 Å². The van der Waals surface area contributed by atoms with Gasteiger partial charge in [-0.15, -0.1) is 0 Å². The smallest absolute Gasteiger partial charge is 0.290 e. The minimum Gasteiger partial charge on any atom is -0.483 e. The molecule has 1 aliphatic rings. The zero-order chi connectivity index (χ0) is 20.6. The molecule has 0 radical (unpaired) electrons. The highest BCUT2D eigenvalue weighted by molar-refractivity contribution is 5.60. The summed E-state index contributed by atoms with van der Waals surface area (Å²) in [5, 5.41) is 6.89. The second-order valence-corrected chi connectivity index (χ2v) is 7.13. The van der Waals surface area contributed by atoms with E-state index in [2.05, 4.69) is 76.1 Å². The van der Waals surface area contributed by atoms with Crippen LogP contribution >= 0.6 is 0 Å². The third-order valence-electron chi connectivity index (χ3n) is 5.08. The first-order chi connectivity index (χ1) is 14.1. The molecule has 152 valence electrons. The molecular formula is C22H26N4O3. The van der Waals surface area contributed by atoms with E-state index >= 15 is 0 Å². The van der Waals surface area contributed by atoms with Gasteiger partial charge in [-0.1, -0.05) is 0 Å². The molecule has 0 aliphatic carbocycles. The SMILES string of the molecule is CN(C)c1ccc(-c2nccn2[C@@H]2COC[C@@H]2Cc2ccncc2)cc1.O=CO. The Kier molecular flexibility index (Phi) is 6.97. The van der Waals surface area contributed by atoms with Crippen LogP contribution in [0.15, 0.2) is 61.2 Å². The average Bonchev–Trinajstić information content (AvgIpc) is 3.38. The van der Waals surface area contributed by atoms with Crippen LogP contribution in [0, 0.1) is 5.92 Å². The summed E-state index contributed by atoms with van der Waals surface area (Å²) < 4.78 is 8.12. The van der Waals surface area contributed by atoms with Crippen LogP contribution in [0.4, 0.5) is 5.69 Å². The van der Waals surface area contributed by atoms with E-state index in [4.69, 9.17) is 14.6 Å². The minimum absolute atomic E-state index is 0.250. The fourth-order valence-corrected chi connectivity index (χ4v) is 3.62. The lowest BCUT2D eigenvalue weighted by molar-refractivity contribution is -0.122. The van der Waals surface area contributed by atoms with Gasteiger partial charge in [-0.2, -0.15) is 0 Å². The number of aromatic nitrogens is 3. The molecule has 0 saturated carbocycles. The predicted octanol–water partition coefficient (Wildman–Crippen LogP) is 3.14. The van der Waals surface area contributed by atoms with E-state index in [1.165, 1.54) is 11.3 Å². The quantitative estimate of drug-likeness (QED) is 0.670. The van der Waals surface area contributed by atoms with Crippen molar-refractivity contribution in [1.29, 1.82) is 0 Å². The summed E-state index contributed by atoms with van der Waals surface area (Å²) in [5.41, 5.74) is 3.62. The van der Waals surface area contributed by atoms with E-state index in [0.29, 0.717) is 12.0 Å². The number of nitrogens with zero attached hydrogens (tertiary/aromatic N) is 4. The van der Waals surface area contributed by atoms with E-state index in [1.54, 1.807) is 0 Å². The molecule has 0 amide bonds.